The zero-order valence-electron chi connectivity index (χ0n) is 15.0. The van der Waals surface area contributed by atoms with Gasteiger partial charge in [-0.2, -0.15) is 10.2 Å². The van der Waals surface area contributed by atoms with E-state index in [1.165, 1.54) is 12.8 Å². The van der Waals surface area contributed by atoms with Crippen molar-refractivity contribution in [1.29, 1.82) is 0 Å². The molecule has 2 fully saturated rings. The minimum Gasteiger partial charge on any atom is -0.333 e. The lowest BCUT2D eigenvalue weighted by atomic mass is 10.1. The van der Waals surface area contributed by atoms with E-state index < -0.39 is 0 Å². The molecule has 4 heterocycles. The Hall–Kier alpha value is -2.38. The highest BCUT2D eigenvalue weighted by Crippen LogP contribution is 2.32. The fourth-order valence-corrected chi connectivity index (χ4v) is 4.43. The van der Waals surface area contributed by atoms with Gasteiger partial charge in [-0.05, 0) is 44.6 Å². The van der Waals surface area contributed by atoms with E-state index in [0.717, 1.165) is 30.9 Å². The third-order valence-electron chi connectivity index (χ3n) is 5.92. The molecular weight excluding hydrogens is 332 g/mol. The number of amides is 1. The molecule has 138 valence electrons. The van der Waals surface area contributed by atoms with Crippen molar-refractivity contribution in [2.24, 2.45) is 5.92 Å². The first-order chi connectivity index (χ1) is 12.6. The average Bonchev–Trinajstić information content (AvgIpc) is 3.14. The van der Waals surface area contributed by atoms with Crippen LogP contribution in [0.2, 0.25) is 0 Å². The van der Waals surface area contributed by atoms with Crippen LogP contribution in [-0.4, -0.2) is 47.0 Å². The normalized spacial score (nSPS) is 24.6. The van der Waals surface area contributed by atoms with Crippen molar-refractivity contribution in [3.63, 3.8) is 0 Å². The van der Waals surface area contributed by atoms with Gasteiger partial charge in [0.25, 0.3) is 0 Å². The van der Waals surface area contributed by atoms with Crippen molar-refractivity contribution in [2.75, 3.05) is 0 Å². The zero-order chi connectivity index (χ0) is 17.8. The summed E-state index contributed by atoms with van der Waals surface area (Å²) >= 11 is 0. The predicted octanol–water partition coefficient (Wildman–Crippen LogP) is 0.576. The molecule has 2 aromatic heterocycles. The molecule has 2 aromatic rings. The van der Waals surface area contributed by atoms with E-state index in [1.54, 1.807) is 9.36 Å². The summed E-state index contributed by atoms with van der Waals surface area (Å²) in [4.78, 5) is 27.6. The SMILES string of the molecule is Cc1ccn(CC(=O)N2[C@@H]3CC[C@H]2Cc2nn(CC4CC4)c(=O)n2C3)n1. The third-order valence-corrected chi connectivity index (χ3v) is 5.92. The molecule has 1 aliphatic carbocycles. The van der Waals surface area contributed by atoms with Gasteiger partial charge in [-0.25, -0.2) is 9.48 Å². The van der Waals surface area contributed by atoms with Gasteiger partial charge in [-0.1, -0.05) is 0 Å². The number of fused-ring (bicyclic) bond motifs is 3. The molecule has 3 aliphatic rings. The molecule has 0 radical (unpaired) electrons. The zero-order valence-corrected chi connectivity index (χ0v) is 15.0. The van der Waals surface area contributed by atoms with Crippen LogP contribution in [-0.2, 0) is 30.8 Å². The molecule has 8 nitrogen and oxygen atoms in total. The van der Waals surface area contributed by atoms with Crippen LogP contribution in [0, 0.1) is 12.8 Å². The van der Waals surface area contributed by atoms with Crippen LogP contribution < -0.4 is 5.69 Å². The number of aromatic nitrogens is 5. The summed E-state index contributed by atoms with van der Waals surface area (Å²) in [5.74, 6) is 1.56. The monoisotopic (exact) mass is 356 g/mol. The van der Waals surface area contributed by atoms with Gasteiger partial charge in [0, 0.05) is 31.7 Å². The predicted molar refractivity (Wildman–Crippen MR) is 93.5 cm³/mol. The topological polar surface area (TPSA) is 78.0 Å². The Morgan fingerprint density at radius 3 is 2.73 bits per heavy atom. The summed E-state index contributed by atoms with van der Waals surface area (Å²) < 4.78 is 5.16. The van der Waals surface area contributed by atoms with E-state index >= 15 is 0 Å². The first-order valence-electron chi connectivity index (χ1n) is 9.56. The van der Waals surface area contributed by atoms with Crippen molar-refractivity contribution < 1.29 is 4.79 Å². The molecule has 26 heavy (non-hydrogen) atoms. The van der Waals surface area contributed by atoms with E-state index in [9.17, 15) is 9.59 Å². The Labute approximate surface area is 151 Å². The van der Waals surface area contributed by atoms with Gasteiger partial charge in [-0.15, -0.1) is 0 Å². The molecule has 2 bridgehead atoms. The Bertz CT molecular complexity index is 905. The average molecular weight is 356 g/mol. The lowest BCUT2D eigenvalue weighted by molar-refractivity contribution is -0.135. The summed E-state index contributed by atoms with van der Waals surface area (Å²) in [6, 6.07) is 2.13. The summed E-state index contributed by atoms with van der Waals surface area (Å²) in [6.07, 6.45) is 6.86. The van der Waals surface area contributed by atoms with Gasteiger partial charge in [0.2, 0.25) is 5.91 Å². The Kier molecular flexibility index (Phi) is 3.55. The van der Waals surface area contributed by atoms with Gasteiger partial charge >= 0.3 is 5.69 Å². The fraction of sp³-hybridized carbons (Fsp3) is 0.667. The number of nitrogens with zero attached hydrogens (tertiary/aromatic N) is 6. The van der Waals surface area contributed by atoms with Gasteiger partial charge in [0.1, 0.15) is 12.4 Å². The summed E-state index contributed by atoms with van der Waals surface area (Å²) in [5, 5.41) is 8.93. The van der Waals surface area contributed by atoms with Gasteiger partial charge in [0.15, 0.2) is 0 Å². The standard InChI is InChI=1S/C18H24N6O2/c1-12-6-7-21(19-12)11-17(25)24-14-4-5-15(24)10-22-16(8-14)20-23(18(22)26)9-13-2-3-13/h6-7,13-15H,2-5,8-11H2,1H3/t14-,15+/m0/s1. The Balaban J connectivity index is 1.38. The largest absolute Gasteiger partial charge is 0.345 e. The van der Waals surface area contributed by atoms with Crippen LogP contribution >= 0.6 is 0 Å². The van der Waals surface area contributed by atoms with E-state index in [-0.39, 0.29) is 30.2 Å². The highest BCUT2D eigenvalue weighted by atomic mass is 16.2. The molecule has 2 aliphatic heterocycles. The number of aryl methyl sites for hydroxylation is 1. The molecule has 0 aromatic carbocycles. The minimum atomic E-state index is -0.00505. The molecule has 0 unspecified atom stereocenters. The fourth-order valence-electron chi connectivity index (χ4n) is 4.43. The number of hydrogen-bond donors (Lipinski definition) is 0. The molecule has 0 N–H and O–H groups in total. The number of carbonyl (C=O) groups is 1. The molecule has 1 saturated carbocycles. The summed E-state index contributed by atoms with van der Waals surface area (Å²) in [6.45, 7) is 3.49. The molecule has 8 heteroatoms. The van der Waals surface area contributed by atoms with E-state index in [0.29, 0.717) is 18.9 Å². The van der Waals surface area contributed by atoms with Crippen molar-refractivity contribution in [3.05, 3.63) is 34.3 Å². The van der Waals surface area contributed by atoms with Gasteiger partial charge < -0.3 is 4.90 Å². The second-order valence-electron chi connectivity index (χ2n) is 7.98. The maximum Gasteiger partial charge on any atom is 0.345 e. The van der Waals surface area contributed by atoms with Crippen LogP contribution in [0.5, 0.6) is 0 Å². The lowest BCUT2D eigenvalue weighted by Crippen LogP contribution is -2.44. The maximum atomic E-state index is 12.9. The molecule has 1 saturated heterocycles. The van der Waals surface area contributed by atoms with E-state index in [4.69, 9.17) is 0 Å². The van der Waals surface area contributed by atoms with E-state index in [1.807, 2.05) is 28.7 Å². The summed E-state index contributed by atoms with van der Waals surface area (Å²) in [5.41, 5.74) is 0.905. The first-order valence-corrected chi connectivity index (χ1v) is 9.56. The number of hydrogen-bond acceptors (Lipinski definition) is 4. The minimum absolute atomic E-state index is 0.00505. The van der Waals surface area contributed by atoms with Crippen molar-refractivity contribution in [2.45, 2.75) is 70.7 Å². The Morgan fingerprint density at radius 2 is 2.00 bits per heavy atom. The van der Waals surface area contributed by atoms with Crippen LogP contribution in [0.25, 0.3) is 0 Å². The molecule has 2 atom stereocenters. The van der Waals surface area contributed by atoms with Crippen molar-refractivity contribution in [3.8, 4) is 0 Å². The van der Waals surface area contributed by atoms with Crippen molar-refractivity contribution >= 4 is 5.91 Å². The Morgan fingerprint density at radius 1 is 1.19 bits per heavy atom. The second-order valence-corrected chi connectivity index (χ2v) is 7.98. The molecule has 0 spiro atoms. The third kappa shape index (κ3) is 2.68. The van der Waals surface area contributed by atoms with Crippen LogP contribution in [0.4, 0.5) is 0 Å². The highest BCUT2D eigenvalue weighted by Gasteiger charge is 2.41. The first kappa shape index (κ1) is 15.8. The molecule has 1 amide bonds. The van der Waals surface area contributed by atoms with Crippen LogP contribution in [0.1, 0.15) is 37.2 Å². The highest BCUT2D eigenvalue weighted by molar-refractivity contribution is 5.77. The smallest absolute Gasteiger partial charge is 0.333 e. The quantitative estimate of drug-likeness (QED) is 0.803. The van der Waals surface area contributed by atoms with Crippen LogP contribution in [0.3, 0.4) is 0 Å². The number of carbonyl (C=O) groups excluding carboxylic acids is 1. The maximum absolute atomic E-state index is 12.9. The van der Waals surface area contributed by atoms with Crippen LogP contribution in [0.15, 0.2) is 17.1 Å². The van der Waals surface area contributed by atoms with E-state index in [2.05, 4.69) is 10.2 Å². The van der Waals surface area contributed by atoms with Gasteiger partial charge in [-0.3, -0.25) is 14.0 Å². The summed E-state index contributed by atoms with van der Waals surface area (Å²) in [7, 11) is 0. The number of rotatable bonds is 4. The lowest BCUT2D eigenvalue weighted by Gasteiger charge is -2.28. The van der Waals surface area contributed by atoms with Crippen molar-refractivity contribution in [1.82, 2.24) is 29.0 Å². The molecular formula is C18H24N6O2. The molecule has 5 rings (SSSR count). The second kappa shape index (κ2) is 5.82. The van der Waals surface area contributed by atoms with Gasteiger partial charge in [0.05, 0.1) is 11.7 Å².